The lowest BCUT2D eigenvalue weighted by molar-refractivity contribution is -0.113. The van der Waals surface area contributed by atoms with E-state index in [1.165, 1.54) is 35.2 Å². The summed E-state index contributed by atoms with van der Waals surface area (Å²) in [5.41, 5.74) is 1.32. The van der Waals surface area contributed by atoms with E-state index in [9.17, 15) is 9.18 Å². The van der Waals surface area contributed by atoms with Gasteiger partial charge >= 0.3 is 0 Å². The average molecular weight is 297 g/mol. The molecule has 0 saturated carbocycles. The van der Waals surface area contributed by atoms with Crippen molar-refractivity contribution in [1.82, 2.24) is 10.2 Å². The van der Waals surface area contributed by atoms with E-state index in [1.54, 1.807) is 6.07 Å². The second-order valence-electron chi connectivity index (χ2n) is 3.88. The van der Waals surface area contributed by atoms with Crippen molar-refractivity contribution in [2.45, 2.75) is 18.2 Å². The van der Waals surface area contributed by atoms with Gasteiger partial charge in [0.05, 0.1) is 5.75 Å². The largest absolute Gasteiger partial charge is 0.325 e. The monoisotopic (exact) mass is 297 g/mol. The second kappa shape index (κ2) is 6.12. The maximum Gasteiger partial charge on any atom is 0.234 e. The number of benzene rings is 1. The summed E-state index contributed by atoms with van der Waals surface area (Å²) in [5, 5.41) is 11.3. The van der Waals surface area contributed by atoms with Crippen molar-refractivity contribution in [3.8, 4) is 0 Å². The van der Waals surface area contributed by atoms with Crippen LogP contribution in [-0.4, -0.2) is 21.9 Å². The van der Waals surface area contributed by atoms with Crippen LogP contribution in [0.5, 0.6) is 0 Å². The molecule has 100 valence electrons. The number of carbonyl (C=O) groups excluding carboxylic acids is 1. The van der Waals surface area contributed by atoms with Crippen LogP contribution in [0, 0.1) is 19.7 Å². The number of anilines is 1. The maximum absolute atomic E-state index is 13.1. The number of aromatic nitrogens is 2. The third kappa shape index (κ3) is 4.00. The molecule has 0 aliphatic rings. The van der Waals surface area contributed by atoms with Gasteiger partial charge in [0.2, 0.25) is 5.91 Å². The Balaban J connectivity index is 1.92. The zero-order valence-electron chi connectivity index (χ0n) is 10.4. The quantitative estimate of drug-likeness (QED) is 0.881. The minimum absolute atomic E-state index is 0.188. The van der Waals surface area contributed by atoms with Gasteiger partial charge in [0.25, 0.3) is 0 Å². The SMILES string of the molecule is Cc1nnc(SCC(=O)Nc2cc(F)ccc2C)s1. The van der Waals surface area contributed by atoms with Gasteiger partial charge in [-0.15, -0.1) is 10.2 Å². The van der Waals surface area contributed by atoms with Gasteiger partial charge in [0.1, 0.15) is 10.8 Å². The summed E-state index contributed by atoms with van der Waals surface area (Å²) in [6.07, 6.45) is 0. The molecule has 0 atom stereocenters. The van der Waals surface area contributed by atoms with Crippen LogP contribution < -0.4 is 5.32 Å². The number of hydrogen-bond donors (Lipinski definition) is 1. The van der Waals surface area contributed by atoms with Crippen LogP contribution in [0.4, 0.5) is 10.1 Å². The van der Waals surface area contributed by atoms with Gasteiger partial charge in [0, 0.05) is 5.69 Å². The van der Waals surface area contributed by atoms with Crippen molar-refractivity contribution < 1.29 is 9.18 Å². The van der Waals surface area contributed by atoms with Gasteiger partial charge in [-0.1, -0.05) is 29.2 Å². The highest BCUT2D eigenvalue weighted by molar-refractivity contribution is 8.01. The number of halogens is 1. The zero-order chi connectivity index (χ0) is 13.8. The summed E-state index contributed by atoms with van der Waals surface area (Å²) in [6, 6.07) is 4.31. The topological polar surface area (TPSA) is 54.9 Å². The number of thioether (sulfide) groups is 1. The molecule has 0 aliphatic carbocycles. The van der Waals surface area contributed by atoms with E-state index in [2.05, 4.69) is 15.5 Å². The lowest BCUT2D eigenvalue weighted by Crippen LogP contribution is -2.14. The summed E-state index contributed by atoms with van der Waals surface area (Å²) in [6.45, 7) is 3.67. The number of nitrogens with zero attached hydrogens (tertiary/aromatic N) is 2. The Bertz CT molecular complexity index is 600. The zero-order valence-corrected chi connectivity index (χ0v) is 12.1. The standard InChI is InChI=1S/C12H12FN3OS2/c1-7-3-4-9(13)5-10(7)14-11(17)6-18-12-16-15-8(2)19-12/h3-5H,6H2,1-2H3,(H,14,17). The first-order valence-corrected chi connectivity index (χ1v) is 7.34. The van der Waals surface area contributed by atoms with Crippen molar-refractivity contribution in [1.29, 1.82) is 0 Å². The van der Waals surface area contributed by atoms with E-state index in [0.29, 0.717) is 5.69 Å². The predicted molar refractivity (Wildman–Crippen MR) is 75.1 cm³/mol. The number of amides is 1. The minimum Gasteiger partial charge on any atom is -0.325 e. The summed E-state index contributed by atoms with van der Waals surface area (Å²) in [4.78, 5) is 11.8. The third-order valence-corrected chi connectivity index (χ3v) is 4.28. The van der Waals surface area contributed by atoms with Gasteiger partial charge in [-0.25, -0.2) is 4.39 Å². The van der Waals surface area contributed by atoms with Crippen molar-refractivity contribution in [2.75, 3.05) is 11.1 Å². The Hall–Kier alpha value is -1.47. The van der Waals surface area contributed by atoms with Crippen molar-refractivity contribution in [2.24, 2.45) is 0 Å². The Morgan fingerprint density at radius 3 is 2.89 bits per heavy atom. The Morgan fingerprint density at radius 1 is 1.42 bits per heavy atom. The van der Waals surface area contributed by atoms with Gasteiger partial charge in [-0.05, 0) is 31.5 Å². The molecule has 0 unspecified atom stereocenters. The molecule has 0 bridgehead atoms. The molecule has 0 spiro atoms. The molecule has 1 heterocycles. The summed E-state index contributed by atoms with van der Waals surface area (Å²) >= 11 is 2.76. The van der Waals surface area contributed by atoms with E-state index < -0.39 is 0 Å². The molecule has 0 fully saturated rings. The number of carbonyl (C=O) groups is 1. The van der Waals surface area contributed by atoms with Gasteiger partial charge in [-0.2, -0.15) is 0 Å². The predicted octanol–water partition coefficient (Wildman–Crippen LogP) is 3.02. The lowest BCUT2D eigenvalue weighted by Gasteiger charge is -2.07. The van der Waals surface area contributed by atoms with Gasteiger partial charge < -0.3 is 5.32 Å². The van der Waals surface area contributed by atoms with Crippen LogP contribution in [0.15, 0.2) is 22.5 Å². The fraction of sp³-hybridized carbons (Fsp3) is 0.250. The smallest absolute Gasteiger partial charge is 0.234 e. The number of hydrogen-bond acceptors (Lipinski definition) is 5. The summed E-state index contributed by atoms with van der Waals surface area (Å²) < 4.78 is 13.8. The van der Waals surface area contributed by atoms with E-state index >= 15 is 0 Å². The molecular weight excluding hydrogens is 285 g/mol. The van der Waals surface area contributed by atoms with Gasteiger partial charge in [0.15, 0.2) is 4.34 Å². The highest BCUT2D eigenvalue weighted by Crippen LogP contribution is 2.22. The molecule has 2 rings (SSSR count). The van der Waals surface area contributed by atoms with Crippen LogP contribution in [0.2, 0.25) is 0 Å². The number of rotatable bonds is 4. The normalized spacial score (nSPS) is 10.5. The van der Waals surface area contributed by atoms with Crippen molar-refractivity contribution in [3.63, 3.8) is 0 Å². The Labute approximate surface area is 118 Å². The highest BCUT2D eigenvalue weighted by atomic mass is 32.2. The van der Waals surface area contributed by atoms with Crippen molar-refractivity contribution in [3.05, 3.63) is 34.6 Å². The molecular formula is C12H12FN3OS2. The highest BCUT2D eigenvalue weighted by Gasteiger charge is 2.08. The summed E-state index contributed by atoms with van der Waals surface area (Å²) in [7, 11) is 0. The molecule has 0 radical (unpaired) electrons. The van der Waals surface area contributed by atoms with Crippen LogP contribution in [0.3, 0.4) is 0 Å². The first kappa shape index (κ1) is 14.0. The number of aryl methyl sites for hydroxylation is 2. The van der Waals surface area contributed by atoms with E-state index in [0.717, 1.165) is 14.9 Å². The molecule has 4 nitrogen and oxygen atoms in total. The van der Waals surface area contributed by atoms with E-state index in [-0.39, 0.29) is 17.5 Å². The molecule has 19 heavy (non-hydrogen) atoms. The molecule has 1 N–H and O–H groups in total. The average Bonchev–Trinajstić information content (AvgIpc) is 2.77. The van der Waals surface area contributed by atoms with E-state index in [1.807, 2.05) is 13.8 Å². The fourth-order valence-corrected chi connectivity index (χ4v) is 2.99. The molecule has 2 aromatic rings. The maximum atomic E-state index is 13.1. The van der Waals surface area contributed by atoms with Crippen LogP contribution in [0.25, 0.3) is 0 Å². The number of nitrogens with one attached hydrogen (secondary N) is 1. The molecule has 0 saturated heterocycles. The second-order valence-corrected chi connectivity index (χ2v) is 6.29. The molecule has 1 aromatic heterocycles. The first-order valence-electron chi connectivity index (χ1n) is 5.53. The third-order valence-electron chi connectivity index (χ3n) is 2.31. The first-order chi connectivity index (χ1) is 9.04. The molecule has 7 heteroatoms. The van der Waals surface area contributed by atoms with Crippen LogP contribution >= 0.6 is 23.1 Å². The molecule has 1 amide bonds. The van der Waals surface area contributed by atoms with Crippen LogP contribution in [-0.2, 0) is 4.79 Å². The Morgan fingerprint density at radius 2 is 2.21 bits per heavy atom. The fourth-order valence-electron chi connectivity index (χ4n) is 1.38. The molecule has 0 aliphatic heterocycles. The van der Waals surface area contributed by atoms with Crippen LogP contribution in [0.1, 0.15) is 10.6 Å². The van der Waals surface area contributed by atoms with Gasteiger partial charge in [-0.3, -0.25) is 4.79 Å². The van der Waals surface area contributed by atoms with E-state index in [4.69, 9.17) is 0 Å². The van der Waals surface area contributed by atoms with Crippen molar-refractivity contribution >= 4 is 34.7 Å². The lowest BCUT2D eigenvalue weighted by atomic mass is 10.2. The minimum atomic E-state index is -0.367. The summed E-state index contributed by atoms with van der Waals surface area (Å²) in [5.74, 6) is -0.329. The molecule has 1 aromatic carbocycles. The Kier molecular flexibility index (Phi) is 4.49.